The van der Waals surface area contributed by atoms with Crippen LogP contribution >= 0.6 is 38.5 Å². The van der Waals surface area contributed by atoms with Gasteiger partial charge in [0.2, 0.25) is 0 Å². The van der Waals surface area contributed by atoms with E-state index in [-0.39, 0.29) is 11.5 Å². The van der Waals surface area contributed by atoms with Crippen molar-refractivity contribution in [1.82, 2.24) is 4.98 Å². The molecule has 0 aliphatic rings. The normalized spacial score (nSPS) is 10.8. The maximum Gasteiger partial charge on any atom is 0.281 e. The molecule has 0 fully saturated rings. The number of hydrogen-bond acceptors (Lipinski definition) is 2. The fraction of sp³-hybridized carbons (Fsp3) is 0.286. The van der Waals surface area contributed by atoms with Crippen molar-refractivity contribution in [2.45, 2.75) is 11.8 Å². The van der Waals surface area contributed by atoms with Crippen LogP contribution in [0.15, 0.2) is 6.07 Å². The Kier molecular flexibility index (Phi) is 3.84. The molecule has 2 N–H and O–H groups in total. The van der Waals surface area contributed by atoms with Crippen molar-refractivity contribution in [3.63, 3.8) is 0 Å². The molecular formula is C7H6BrF2IN2. The lowest BCUT2D eigenvalue weighted by atomic mass is 10.2. The van der Waals surface area contributed by atoms with Crippen molar-refractivity contribution >= 4 is 44.3 Å². The lowest BCUT2D eigenvalue weighted by Crippen LogP contribution is -2.03. The van der Waals surface area contributed by atoms with Gasteiger partial charge in [-0.1, -0.05) is 15.9 Å². The summed E-state index contributed by atoms with van der Waals surface area (Å²) in [7, 11) is 0. The van der Waals surface area contributed by atoms with Gasteiger partial charge in [-0.2, -0.15) is 0 Å². The number of pyridine rings is 1. The van der Waals surface area contributed by atoms with Crippen LogP contribution in [0.25, 0.3) is 0 Å². The fourth-order valence-corrected chi connectivity index (χ4v) is 2.00. The van der Waals surface area contributed by atoms with Crippen LogP contribution < -0.4 is 5.73 Å². The Hall–Kier alpha value is 0.0200. The van der Waals surface area contributed by atoms with Gasteiger partial charge >= 0.3 is 0 Å². The number of nitrogen functional groups attached to an aromatic ring is 1. The minimum atomic E-state index is -2.57. The molecule has 72 valence electrons. The largest absolute Gasteiger partial charge is 0.383 e. The molecule has 1 rings (SSSR count). The highest BCUT2D eigenvalue weighted by atomic mass is 127. The third-order valence-electron chi connectivity index (χ3n) is 1.47. The summed E-state index contributed by atoms with van der Waals surface area (Å²) in [6, 6.07) is 1.61. The summed E-state index contributed by atoms with van der Waals surface area (Å²) in [5.41, 5.74) is 5.94. The second-order valence-electron chi connectivity index (χ2n) is 2.33. The standard InChI is InChI=1S/C7H6BrF2IN2/c8-2-3-1-4(11)5(6(9)10)13-7(3)12/h1,6H,2H2,(H2,12,13). The molecule has 2 nitrogen and oxygen atoms in total. The number of aromatic nitrogens is 1. The smallest absolute Gasteiger partial charge is 0.281 e. The van der Waals surface area contributed by atoms with E-state index in [4.69, 9.17) is 5.73 Å². The van der Waals surface area contributed by atoms with E-state index < -0.39 is 6.43 Å². The zero-order chi connectivity index (χ0) is 10.0. The third kappa shape index (κ3) is 2.49. The van der Waals surface area contributed by atoms with Crippen molar-refractivity contribution < 1.29 is 8.78 Å². The minimum absolute atomic E-state index is 0.160. The Balaban J connectivity index is 3.20. The topological polar surface area (TPSA) is 38.9 Å². The molecule has 0 unspecified atom stereocenters. The summed E-state index contributed by atoms with van der Waals surface area (Å²) in [6.45, 7) is 0. The molecule has 0 aromatic carbocycles. The van der Waals surface area contributed by atoms with Crippen LogP contribution in [0.2, 0.25) is 0 Å². The van der Waals surface area contributed by atoms with Gasteiger partial charge in [-0.25, -0.2) is 13.8 Å². The predicted octanol–water partition coefficient (Wildman–Crippen LogP) is 3.10. The lowest BCUT2D eigenvalue weighted by molar-refractivity contribution is 0.145. The number of halogens is 4. The first-order valence-electron chi connectivity index (χ1n) is 3.35. The van der Waals surface area contributed by atoms with Crippen LogP contribution in [0, 0.1) is 3.57 Å². The molecule has 1 heterocycles. The molecule has 0 aliphatic carbocycles. The predicted molar refractivity (Wildman–Crippen MR) is 59.0 cm³/mol. The quantitative estimate of drug-likeness (QED) is 0.648. The molecule has 6 heteroatoms. The fourth-order valence-electron chi connectivity index (χ4n) is 0.816. The van der Waals surface area contributed by atoms with Crippen molar-refractivity contribution in [2.75, 3.05) is 5.73 Å². The molecular weight excluding hydrogens is 357 g/mol. The summed E-state index contributed by atoms with van der Waals surface area (Å²) >= 11 is 5.02. The second-order valence-corrected chi connectivity index (χ2v) is 4.06. The van der Waals surface area contributed by atoms with Gasteiger partial charge in [0, 0.05) is 14.5 Å². The molecule has 0 spiro atoms. The SMILES string of the molecule is Nc1nc(C(F)F)c(I)cc1CBr. The van der Waals surface area contributed by atoms with Crippen LogP contribution in [-0.4, -0.2) is 4.98 Å². The Labute approximate surface area is 96.2 Å². The molecule has 0 atom stereocenters. The molecule has 13 heavy (non-hydrogen) atoms. The number of alkyl halides is 3. The number of nitrogens with zero attached hydrogens (tertiary/aromatic N) is 1. The van der Waals surface area contributed by atoms with E-state index in [2.05, 4.69) is 20.9 Å². The molecule has 0 saturated carbocycles. The average molecular weight is 363 g/mol. The highest BCUT2D eigenvalue weighted by Gasteiger charge is 2.15. The van der Waals surface area contributed by atoms with Crippen molar-refractivity contribution in [1.29, 1.82) is 0 Å². The van der Waals surface area contributed by atoms with Crippen LogP contribution in [0.1, 0.15) is 17.7 Å². The third-order valence-corrected chi connectivity index (χ3v) is 2.93. The Morgan fingerprint density at radius 2 is 2.23 bits per heavy atom. The van der Waals surface area contributed by atoms with Gasteiger partial charge in [0.1, 0.15) is 11.5 Å². The zero-order valence-electron chi connectivity index (χ0n) is 6.40. The van der Waals surface area contributed by atoms with Gasteiger partial charge in [-0.15, -0.1) is 0 Å². The number of rotatable bonds is 2. The molecule has 0 amide bonds. The first-order valence-corrected chi connectivity index (χ1v) is 5.55. The Morgan fingerprint density at radius 1 is 1.62 bits per heavy atom. The monoisotopic (exact) mass is 362 g/mol. The van der Waals surface area contributed by atoms with E-state index in [9.17, 15) is 8.78 Å². The number of hydrogen-bond donors (Lipinski definition) is 1. The van der Waals surface area contributed by atoms with E-state index in [1.165, 1.54) is 0 Å². The van der Waals surface area contributed by atoms with E-state index in [1.54, 1.807) is 6.07 Å². The molecule has 1 aromatic heterocycles. The van der Waals surface area contributed by atoms with Crippen LogP contribution in [0.4, 0.5) is 14.6 Å². The summed E-state index contributed by atoms with van der Waals surface area (Å²) in [6.07, 6.45) is -2.57. The highest BCUT2D eigenvalue weighted by Crippen LogP contribution is 2.26. The van der Waals surface area contributed by atoms with Gasteiger partial charge in [-0.3, -0.25) is 0 Å². The van der Waals surface area contributed by atoms with Crippen molar-refractivity contribution in [3.8, 4) is 0 Å². The molecule has 0 radical (unpaired) electrons. The lowest BCUT2D eigenvalue weighted by Gasteiger charge is -2.06. The molecule has 0 bridgehead atoms. The van der Waals surface area contributed by atoms with E-state index in [1.807, 2.05) is 22.6 Å². The van der Waals surface area contributed by atoms with Gasteiger partial charge in [0.05, 0.1) is 0 Å². The molecule has 1 aromatic rings. The van der Waals surface area contributed by atoms with E-state index >= 15 is 0 Å². The van der Waals surface area contributed by atoms with Gasteiger partial charge in [0.15, 0.2) is 0 Å². The second kappa shape index (κ2) is 4.50. The Bertz CT molecular complexity index is 320. The van der Waals surface area contributed by atoms with Crippen molar-refractivity contribution in [2.24, 2.45) is 0 Å². The van der Waals surface area contributed by atoms with E-state index in [0.717, 1.165) is 5.56 Å². The minimum Gasteiger partial charge on any atom is -0.383 e. The number of nitrogens with two attached hydrogens (primary N) is 1. The average Bonchev–Trinajstić information content (AvgIpc) is 2.07. The zero-order valence-corrected chi connectivity index (χ0v) is 10.1. The Morgan fingerprint density at radius 3 is 2.69 bits per heavy atom. The van der Waals surface area contributed by atoms with Crippen molar-refractivity contribution in [3.05, 3.63) is 20.9 Å². The van der Waals surface area contributed by atoms with Gasteiger partial charge in [-0.05, 0) is 28.7 Å². The first-order chi connectivity index (χ1) is 6.06. The summed E-state index contributed by atoms with van der Waals surface area (Å²) in [5, 5.41) is 0.519. The number of anilines is 1. The first kappa shape index (κ1) is 11.1. The molecule has 0 saturated heterocycles. The van der Waals surface area contributed by atoms with Crippen LogP contribution in [0.5, 0.6) is 0 Å². The van der Waals surface area contributed by atoms with Gasteiger partial charge in [0.25, 0.3) is 6.43 Å². The summed E-state index contributed by atoms with van der Waals surface area (Å²) < 4.78 is 25.1. The van der Waals surface area contributed by atoms with E-state index in [0.29, 0.717) is 8.90 Å². The highest BCUT2D eigenvalue weighted by molar-refractivity contribution is 14.1. The van der Waals surface area contributed by atoms with Crippen LogP contribution in [-0.2, 0) is 5.33 Å². The van der Waals surface area contributed by atoms with Crippen LogP contribution in [0.3, 0.4) is 0 Å². The maximum atomic E-state index is 12.3. The summed E-state index contributed by atoms with van der Waals surface area (Å²) in [5.74, 6) is 0.160. The van der Waals surface area contributed by atoms with Gasteiger partial charge < -0.3 is 5.73 Å². The maximum absolute atomic E-state index is 12.3. The summed E-state index contributed by atoms with van der Waals surface area (Å²) in [4.78, 5) is 3.63. The molecule has 0 aliphatic heterocycles.